The van der Waals surface area contributed by atoms with Crippen molar-refractivity contribution in [2.45, 2.75) is 13.1 Å². The van der Waals surface area contributed by atoms with E-state index in [1.165, 1.54) is 11.1 Å². The van der Waals surface area contributed by atoms with Crippen molar-refractivity contribution in [2.75, 3.05) is 19.4 Å². The molecule has 3 aromatic rings. The van der Waals surface area contributed by atoms with Gasteiger partial charge in [-0.15, -0.1) is 0 Å². The maximum atomic E-state index is 6.03. The van der Waals surface area contributed by atoms with Gasteiger partial charge in [-0.2, -0.15) is 0 Å². The zero-order valence-electron chi connectivity index (χ0n) is 13.4. The van der Waals surface area contributed by atoms with Crippen molar-refractivity contribution in [3.05, 3.63) is 70.9 Å². The molecular weight excluding hydrogens is 306 g/mol. The van der Waals surface area contributed by atoms with Crippen LogP contribution >= 0.6 is 11.6 Å². The normalized spacial score (nSPS) is 11.1. The minimum absolute atomic E-state index is 0.707. The first kappa shape index (κ1) is 15.8. The predicted octanol–water partition coefficient (Wildman–Crippen LogP) is 4.56. The van der Waals surface area contributed by atoms with Crippen LogP contribution in [0.5, 0.6) is 0 Å². The molecule has 0 saturated carbocycles. The standard InChI is InChI=1S/C19H20ClN3/c1-23(2)13-15-5-3-14(4-6-15)12-22-18-9-10-21-19-11-16(20)7-8-17(18)19/h3-11H,12-13H2,1-2H3,(H,21,22). The highest BCUT2D eigenvalue weighted by molar-refractivity contribution is 6.31. The Morgan fingerprint density at radius 2 is 1.74 bits per heavy atom. The molecule has 3 rings (SSSR count). The molecule has 0 bridgehead atoms. The summed E-state index contributed by atoms with van der Waals surface area (Å²) in [5, 5.41) is 5.28. The van der Waals surface area contributed by atoms with E-state index in [1.54, 1.807) is 6.20 Å². The van der Waals surface area contributed by atoms with E-state index in [1.807, 2.05) is 24.3 Å². The Bertz CT molecular complexity index is 797. The second-order valence-corrected chi connectivity index (χ2v) is 6.36. The summed E-state index contributed by atoms with van der Waals surface area (Å²) in [6, 6.07) is 16.5. The van der Waals surface area contributed by atoms with Crippen molar-refractivity contribution < 1.29 is 0 Å². The number of hydrogen-bond acceptors (Lipinski definition) is 3. The molecule has 118 valence electrons. The van der Waals surface area contributed by atoms with Crippen LogP contribution in [0.1, 0.15) is 11.1 Å². The summed E-state index contributed by atoms with van der Waals surface area (Å²) >= 11 is 6.03. The van der Waals surface area contributed by atoms with Crippen molar-refractivity contribution in [2.24, 2.45) is 0 Å². The summed E-state index contributed by atoms with van der Waals surface area (Å²) in [7, 11) is 4.16. The van der Waals surface area contributed by atoms with Gasteiger partial charge in [0.2, 0.25) is 0 Å². The quantitative estimate of drug-likeness (QED) is 0.745. The lowest BCUT2D eigenvalue weighted by atomic mass is 10.1. The average molecular weight is 326 g/mol. The molecule has 0 aliphatic carbocycles. The number of hydrogen-bond donors (Lipinski definition) is 1. The lowest BCUT2D eigenvalue weighted by Crippen LogP contribution is -2.10. The number of benzene rings is 2. The second-order valence-electron chi connectivity index (χ2n) is 5.93. The van der Waals surface area contributed by atoms with E-state index in [4.69, 9.17) is 11.6 Å². The Morgan fingerprint density at radius 3 is 2.48 bits per heavy atom. The molecule has 0 unspecified atom stereocenters. The van der Waals surface area contributed by atoms with Crippen molar-refractivity contribution >= 4 is 28.2 Å². The number of fused-ring (bicyclic) bond motifs is 1. The largest absolute Gasteiger partial charge is 0.380 e. The zero-order valence-corrected chi connectivity index (χ0v) is 14.1. The highest BCUT2D eigenvalue weighted by Crippen LogP contribution is 2.24. The predicted molar refractivity (Wildman–Crippen MR) is 97.9 cm³/mol. The van der Waals surface area contributed by atoms with E-state index in [2.05, 4.69) is 53.6 Å². The molecule has 0 fully saturated rings. The third-order valence-electron chi connectivity index (χ3n) is 3.71. The molecule has 0 spiro atoms. The number of pyridine rings is 1. The third kappa shape index (κ3) is 4.01. The zero-order chi connectivity index (χ0) is 16.2. The Balaban J connectivity index is 1.73. The van der Waals surface area contributed by atoms with Gasteiger partial charge >= 0.3 is 0 Å². The maximum Gasteiger partial charge on any atom is 0.0737 e. The molecule has 0 amide bonds. The summed E-state index contributed by atoms with van der Waals surface area (Å²) in [6.07, 6.45) is 1.81. The fourth-order valence-electron chi connectivity index (χ4n) is 2.60. The smallest absolute Gasteiger partial charge is 0.0737 e. The lowest BCUT2D eigenvalue weighted by Gasteiger charge is -2.12. The van der Waals surface area contributed by atoms with E-state index in [0.717, 1.165) is 29.7 Å². The Hall–Kier alpha value is -2.10. The number of aromatic nitrogens is 1. The van der Waals surface area contributed by atoms with Crippen LogP contribution < -0.4 is 5.32 Å². The van der Waals surface area contributed by atoms with Gasteiger partial charge in [0.15, 0.2) is 0 Å². The van der Waals surface area contributed by atoms with Gasteiger partial charge in [-0.1, -0.05) is 35.9 Å². The molecule has 4 heteroatoms. The first-order valence-corrected chi connectivity index (χ1v) is 8.00. The number of halogens is 1. The van der Waals surface area contributed by atoms with Crippen molar-refractivity contribution in [3.8, 4) is 0 Å². The molecule has 1 N–H and O–H groups in total. The maximum absolute atomic E-state index is 6.03. The van der Waals surface area contributed by atoms with Crippen LogP contribution in [0.3, 0.4) is 0 Å². The average Bonchev–Trinajstić information content (AvgIpc) is 2.53. The molecule has 0 aliphatic rings. The van der Waals surface area contributed by atoms with Gasteiger partial charge in [0, 0.05) is 35.4 Å². The molecule has 0 radical (unpaired) electrons. The van der Waals surface area contributed by atoms with Crippen molar-refractivity contribution in [1.82, 2.24) is 9.88 Å². The highest BCUT2D eigenvalue weighted by Gasteiger charge is 2.03. The first-order valence-electron chi connectivity index (χ1n) is 7.62. The summed E-state index contributed by atoms with van der Waals surface area (Å²) < 4.78 is 0. The number of rotatable bonds is 5. The molecule has 1 heterocycles. The van der Waals surface area contributed by atoms with Gasteiger partial charge in [0.25, 0.3) is 0 Å². The third-order valence-corrected chi connectivity index (χ3v) is 3.94. The van der Waals surface area contributed by atoms with Gasteiger partial charge in [-0.3, -0.25) is 4.98 Å². The SMILES string of the molecule is CN(C)Cc1ccc(CNc2ccnc3cc(Cl)ccc23)cc1. The van der Waals surface area contributed by atoms with E-state index < -0.39 is 0 Å². The van der Waals surface area contributed by atoms with Crippen LogP contribution in [0, 0.1) is 0 Å². The van der Waals surface area contributed by atoms with Gasteiger partial charge in [0.05, 0.1) is 5.52 Å². The number of nitrogens with one attached hydrogen (secondary N) is 1. The Kier molecular flexibility index (Phi) is 4.79. The Morgan fingerprint density at radius 1 is 1.00 bits per heavy atom. The molecular formula is C19H20ClN3. The molecule has 1 aromatic heterocycles. The minimum atomic E-state index is 0.707. The molecule has 0 saturated heterocycles. The lowest BCUT2D eigenvalue weighted by molar-refractivity contribution is 0.402. The van der Waals surface area contributed by atoms with Gasteiger partial charge in [0.1, 0.15) is 0 Å². The van der Waals surface area contributed by atoms with Crippen molar-refractivity contribution in [3.63, 3.8) is 0 Å². The highest BCUT2D eigenvalue weighted by atomic mass is 35.5. The minimum Gasteiger partial charge on any atom is -0.380 e. The van der Waals surface area contributed by atoms with E-state index >= 15 is 0 Å². The summed E-state index contributed by atoms with van der Waals surface area (Å²) in [5.74, 6) is 0. The van der Waals surface area contributed by atoms with Crippen molar-refractivity contribution in [1.29, 1.82) is 0 Å². The molecule has 0 aliphatic heterocycles. The van der Waals surface area contributed by atoms with Gasteiger partial charge in [-0.05, 0) is 49.5 Å². The number of anilines is 1. The van der Waals surface area contributed by atoms with E-state index in [0.29, 0.717) is 5.02 Å². The summed E-state index contributed by atoms with van der Waals surface area (Å²) in [4.78, 5) is 6.54. The van der Waals surface area contributed by atoms with Crippen LogP contribution in [0.2, 0.25) is 5.02 Å². The number of nitrogens with zero attached hydrogens (tertiary/aromatic N) is 2. The van der Waals surface area contributed by atoms with Crippen LogP contribution in [-0.2, 0) is 13.1 Å². The summed E-state index contributed by atoms with van der Waals surface area (Å²) in [6.45, 7) is 1.74. The van der Waals surface area contributed by atoms with Crippen LogP contribution in [0.4, 0.5) is 5.69 Å². The van der Waals surface area contributed by atoms with Gasteiger partial charge in [-0.25, -0.2) is 0 Å². The molecule has 3 nitrogen and oxygen atoms in total. The Labute approximate surface area is 141 Å². The fraction of sp³-hybridized carbons (Fsp3) is 0.211. The molecule has 23 heavy (non-hydrogen) atoms. The van der Waals surface area contributed by atoms with E-state index in [-0.39, 0.29) is 0 Å². The van der Waals surface area contributed by atoms with Gasteiger partial charge < -0.3 is 10.2 Å². The van der Waals surface area contributed by atoms with Crippen LogP contribution in [0.15, 0.2) is 54.7 Å². The topological polar surface area (TPSA) is 28.2 Å². The van der Waals surface area contributed by atoms with Crippen LogP contribution in [0.25, 0.3) is 10.9 Å². The molecule has 2 aromatic carbocycles. The van der Waals surface area contributed by atoms with E-state index in [9.17, 15) is 0 Å². The first-order chi connectivity index (χ1) is 11.1. The molecule has 0 atom stereocenters. The fourth-order valence-corrected chi connectivity index (χ4v) is 2.77. The second kappa shape index (κ2) is 6.99. The summed E-state index contributed by atoms with van der Waals surface area (Å²) in [5.41, 5.74) is 4.56. The monoisotopic (exact) mass is 325 g/mol. The van der Waals surface area contributed by atoms with Crippen LogP contribution in [-0.4, -0.2) is 24.0 Å².